The minimum atomic E-state index is -0.412. The SMILES string of the molecule is O=C(NCC1CCN(C2CCSC2)CC1)Nc1ccccc1F. The van der Waals surface area contributed by atoms with Gasteiger partial charge in [-0.05, 0) is 56.2 Å². The van der Waals surface area contributed by atoms with E-state index in [0.717, 1.165) is 32.0 Å². The van der Waals surface area contributed by atoms with Gasteiger partial charge in [-0.3, -0.25) is 4.90 Å². The van der Waals surface area contributed by atoms with Crippen LogP contribution in [0.3, 0.4) is 0 Å². The Hall–Kier alpha value is -1.27. The summed E-state index contributed by atoms with van der Waals surface area (Å²) in [7, 11) is 0. The third kappa shape index (κ3) is 4.61. The van der Waals surface area contributed by atoms with Gasteiger partial charge in [0, 0.05) is 18.3 Å². The van der Waals surface area contributed by atoms with Gasteiger partial charge < -0.3 is 10.6 Å². The number of thioether (sulfide) groups is 1. The van der Waals surface area contributed by atoms with Crippen molar-refractivity contribution in [2.75, 3.05) is 36.5 Å². The van der Waals surface area contributed by atoms with Gasteiger partial charge in [0.15, 0.2) is 0 Å². The molecule has 0 aromatic heterocycles. The van der Waals surface area contributed by atoms with Crippen LogP contribution in [0, 0.1) is 11.7 Å². The summed E-state index contributed by atoms with van der Waals surface area (Å²) in [6.07, 6.45) is 3.57. The molecule has 2 fully saturated rings. The van der Waals surface area contributed by atoms with E-state index in [4.69, 9.17) is 0 Å². The summed E-state index contributed by atoms with van der Waals surface area (Å²) in [6.45, 7) is 2.92. The van der Waals surface area contributed by atoms with Crippen molar-refractivity contribution in [3.8, 4) is 0 Å². The molecule has 0 radical (unpaired) electrons. The number of likely N-dealkylation sites (tertiary alicyclic amines) is 1. The molecule has 1 atom stereocenters. The molecule has 0 spiro atoms. The maximum Gasteiger partial charge on any atom is 0.319 e. The normalized spacial score (nSPS) is 22.9. The molecule has 6 heteroatoms. The maximum atomic E-state index is 13.5. The van der Waals surface area contributed by atoms with E-state index in [1.165, 1.54) is 24.0 Å². The van der Waals surface area contributed by atoms with Crippen LogP contribution in [0.15, 0.2) is 24.3 Å². The fourth-order valence-electron chi connectivity index (χ4n) is 3.30. The molecule has 2 amide bonds. The number of piperidine rings is 1. The number of amides is 2. The average molecular weight is 337 g/mol. The Labute approximate surface area is 141 Å². The molecule has 2 aliphatic rings. The number of carbonyl (C=O) groups is 1. The Morgan fingerprint density at radius 3 is 2.74 bits per heavy atom. The standard InChI is InChI=1S/C17H24FN3OS/c18-15-3-1-2-4-16(15)20-17(22)19-11-13-5-8-21(9-6-13)14-7-10-23-12-14/h1-4,13-14H,5-12H2,(H2,19,20,22). The van der Waals surface area contributed by atoms with E-state index >= 15 is 0 Å². The van der Waals surface area contributed by atoms with Crippen LogP contribution in [0.5, 0.6) is 0 Å². The van der Waals surface area contributed by atoms with Gasteiger partial charge in [0.1, 0.15) is 5.82 Å². The summed E-state index contributed by atoms with van der Waals surface area (Å²) in [5, 5.41) is 5.44. The molecule has 2 aliphatic heterocycles. The number of rotatable bonds is 4. The summed E-state index contributed by atoms with van der Waals surface area (Å²) < 4.78 is 13.5. The van der Waals surface area contributed by atoms with Gasteiger partial charge in [-0.25, -0.2) is 9.18 Å². The molecule has 2 N–H and O–H groups in total. The summed E-state index contributed by atoms with van der Waals surface area (Å²) in [5.41, 5.74) is 0.221. The van der Waals surface area contributed by atoms with Crippen molar-refractivity contribution in [3.63, 3.8) is 0 Å². The number of nitrogens with one attached hydrogen (secondary N) is 2. The molecule has 1 aromatic rings. The van der Waals surface area contributed by atoms with E-state index < -0.39 is 5.82 Å². The Bertz CT molecular complexity index is 528. The second kappa shape index (κ2) is 8.02. The molecular weight excluding hydrogens is 313 g/mol. The van der Waals surface area contributed by atoms with E-state index in [9.17, 15) is 9.18 Å². The maximum absolute atomic E-state index is 13.5. The minimum absolute atomic E-state index is 0.221. The van der Waals surface area contributed by atoms with E-state index in [1.807, 2.05) is 0 Å². The van der Waals surface area contributed by atoms with Crippen LogP contribution in [0.2, 0.25) is 0 Å². The number of anilines is 1. The van der Waals surface area contributed by atoms with Crippen molar-refractivity contribution in [1.82, 2.24) is 10.2 Å². The lowest BCUT2D eigenvalue weighted by atomic mass is 9.95. The Morgan fingerprint density at radius 2 is 2.04 bits per heavy atom. The molecule has 0 aliphatic carbocycles. The average Bonchev–Trinajstić information content (AvgIpc) is 3.10. The second-order valence-corrected chi connectivity index (χ2v) is 7.46. The van der Waals surface area contributed by atoms with Crippen molar-refractivity contribution in [3.05, 3.63) is 30.1 Å². The van der Waals surface area contributed by atoms with Crippen LogP contribution >= 0.6 is 11.8 Å². The molecule has 4 nitrogen and oxygen atoms in total. The van der Waals surface area contributed by atoms with Crippen LogP contribution in [-0.4, -0.2) is 48.1 Å². The van der Waals surface area contributed by atoms with Crippen LogP contribution < -0.4 is 10.6 Å². The lowest BCUT2D eigenvalue weighted by molar-refractivity contribution is 0.143. The Balaban J connectivity index is 1.38. The lowest BCUT2D eigenvalue weighted by Gasteiger charge is -2.35. The molecule has 1 unspecified atom stereocenters. The second-order valence-electron chi connectivity index (χ2n) is 6.31. The van der Waals surface area contributed by atoms with Crippen molar-refractivity contribution >= 4 is 23.5 Å². The fraction of sp³-hybridized carbons (Fsp3) is 0.588. The van der Waals surface area contributed by atoms with E-state index in [-0.39, 0.29) is 11.7 Å². The number of nitrogens with zero attached hydrogens (tertiary/aromatic N) is 1. The van der Waals surface area contributed by atoms with Gasteiger partial charge in [0.25, 0.3) is 0 Å². The van der Waals surface area contributed by atoms with Crippen molar-refractivity contribution < 1.29 is 9.18 Å². The van der Waals surface area contributed by atoms with Gasteiger partial charge in [-0.15, -0.1) is 0 Å². The van der Waals surface area contributed by atoms with Crippen molar-refractivity contribution in [1.29, 1.82) is 0 Å². The number of benzene rings is 1. The highest BCUT2D eigenvalue weighted by atomic mass is 32.2. The molecule has 23 heavy (non-hydrogen) atoms. The number of halogens is 1. The van der Waals surface area contributed by atoms with Gasteiger partial charge in [0.2, 0.25) is 0 Å². The number of hydrogen-bond donors (Lipinski definition) is 2. The van der Waals surface area contributed by atoms with E-state index in [0.29, 0.717) is 12.5 Å². The van der Waals surface area contributed by atoms with Gasteiger partial charge in [-0.1, -0.05) is 12.1 Å². The van der Waals surface area contributed by atoms with Gasteiger partial charge in [-0.2, -0.15) is 11.8 Å². The van der Waals surface area contributed by atoms with Gasteiger partial charge in [0.05, 0.1) is 5.69 Å². The molecule has 1 aromatic carbocycles. The Kier molecular flexibility index (Phi) is 5.78. The van der Waals surface area contributed by atoms with E-state index in [1.54, 1.807) is 18.2 Å². The zero-order valence-corrected chi connectivity index (χ0v) is 14.1. The number of hydrogen-bond acceptors (Lipinski definition) is 3. The Morgan fingerprint density at radius 1 is 1.26 bits per heavy atom. The number of carbonyl (C=O) groups excluding carboxylic acids is 1. The monoisotopic (exact) mass is 337 g/mol. The quantitative estimate of drug-likeness (QED) is 0.887. The fourth-order valence-corrected chi connectivity index (χ4v) is 4.55. The zero-order valence-electron chi connectivity index (χ0n) is 13.3. The summed E-state index contributed by atoms with van der Waals surface area (Å²) in [5.74, 6) is 2.67. The minimum Gasteiger partial charge on any atom is -0.338 e. The molecular formula is C17H24FN3OS. The highest BCUT2D eigenvalue weighted by Crippen LogP contribution is 2.26. The highest BCUT2D eigenvalue weighted by Gasteiger charge is 2.27. The molecule has 126 valence electrons. The largest absolute Gasteiger partial charge is 0.338 e. The molecule has 0 saturated carbocycles. The molecule has 2 heterocycles. The van der Waals surface area contributed by atoms with Crippen molar-refractivity contribution in [2.24, 2.45) is 5.92 Å². The summed E-state index contributed by atoms with van der Waals surface area (Å²) in [6, 6.07) is 6.65. The first-order chi connectivity index (χ1) is 11.2. The third-order valence-electron chi connectivity index (χ3n) is 4.74. The smallest absolute Gasteiger partial charge is 0.319 e. The molecule has 3 rings (SSSR count). The number of para-hydroxylation sites is 1. The first-order valence-corrected chi connectivity index (χ1v) is 9.49. The third-order valence-corrected chi connectivity index (χ3v) is 5.89. The van der Waals surface area contributed by atoms with Crippen molar-refractivity contribution in [2.45, 2.75) is 25.3 Å². The van der Waals surface area contributed by atoms with Crippen LogP contribution in [0.1, 0.15) is 19.3 Å². The first kappa shape index (κ1) is 16.6. The van der Waals surface area contributed by atoms with Crippen LogP contribution in [0.4, 0.5) is 14.9 Å². The predicted octanol–water partition coefficient (Wildman–Crippen LogP) is 3.16. The topological polar surface area (TPSA) is 44.4 Å². The summed E-state index contributed by atoms with van der Waals surface area (Å²) in [4.78, 5) is 14.5. The summed E-state index contributed by atoms with van der Waals surface area (Å²) >= 11 is 2.06. The first-order valence-electron chi connectivity index (χ1n) is 8.33. The lowest BCUT2D eigenvalue weighted by Crippen LogP contribution is -2.44. The van der Waals surface area contributed by atoms with Crippen LogP contribution in [-0.2, 0) is 0 Å². The number of urea groups is 1. The van der Waals surface area contributed by atoms with Gasteiger partial charge >= 0.3 is 6.03 Å². The molecule has 0 bridgehead atoms. The highest BCUT2D eigenvalue weighted by molar-refractivity contribution is 7.99. The van der Waals surface area contributed by atoms with Crippen LogP contribution in [0.25, 0.3) is 0 Å². The molecule has 2 saturated heterocycles. The zero-order chi connectivity index (χ0) is 16.1. The predicted molar refractivity (Wildman–Crippen MR) is 93.4 cm³/mol. The van der Waals surface area contributed by atoms with E-state index in [2.05, 4.69) is 27.3 Å².